The zero-order valence-electron chi connectivity index (χ0n) is 7.16. The normalized spacial score (nSPS) is 10.9. The average Bonchev–Trinajstić information content (AvgIpc) is 2.15. The summed E-state index contributed by atoms with van der Waals surface area (Å²) >= 11 is 5.52. The summed E-state index contributed by atoms with van der Waals surface area (Å²) in [6, 6.07) is 0.810. The van der Waals surface area contributed by atoms with E-state index in [1.54, 1.807) is 0 Å². The van der Waals surface area contributed by atoms with E-state index in [0.29, 0.717) is 6.20 Å². The monoisotopic (exact) mass is 236 g/mol. The van der Waals surface area contributed by atoms with E-state index in [1.807, 2.05) is 0 Å². The van der Waals surface area contributed by atoms with Crippen molar-refractivity contribution >= 4 is 11.6 Å². The van der Waals surface area contributed by atoms with Crippen LogP contribution < -0.4 is 0 Å². The molecule has 0 aliphatic heterocycles. The number of alkyl halides is 3. The van der Waals surface area contributed by atoms with E-state index in [1.165, 1.54) is 0 Å². The molecule has 0 saturated heterocycles. The molecule has 1 heterocycles. The fourth-order valence-corrected chi connectivity index (χ4v) is 1.03. The number of rotatable bonds is 2. The number of aromatic nitrogens is 1. The van der Waals surface area contributed by atoms with Gasteiger partial charge in [-0.3, -0.25) is 0 Å². The van der Waals surface area contributed by atoms with E-state index in [-0.39, 0.29) is 17.3 Å². The van der Waals surface area contributed by atoms with Gasteiger partial charge in [-0.25, -0.2) is 4.98 Å². The minimum Gasteiger partial charge on any atom is -0.244 e. The van der Waals surface area contributed by atoms with Crippen molar-refractivity contribution in [2.75, 3.05) is 0 Å². The summed E-state index contributed by atoms with van der Waals surface area (Å²) in [6.45, 7) is -0.258. The van der Waals surface area contributed by atoms with Crippen molar-refractivity contribution in [1.82, 2.24) is 4.98 Å². The van der Waals surface area contributed by atoms with Gasteiger partial charge < -0.3 is 0 Å². The largest absolute Gasteiger partial charge is 0.417 e. The molecule has 0 unspecified atom stereocenters. The molecule has 0 aromatic carbocycles. The lowest BCUT2D eigenvalue weighted by molar-refractivity contribution is -0.137. The van der Waals surface area contributed by atoms with Gasteiger partial charge in [0.05, 0.1) is 12.1 Å². The highest BCUT2D eigenvalue weighted by molar-refractivity contribution is 6.30. The van der Waals surface area contributed by atoms with Crippen LogP contribution in [0.25, 0.3) is 10.4 Å². The molecule has 0 amide bonds. The van der Waals surface area contributed by atoms with Crippen LogP contribution in [0.5, 0.6) is 0 Å². The molecule has 0 aliphatic carbocycles. The molecule has 15 heavy (non-hydrogen) atoms. The van der Waals surface area contributed by atoms with Crippen molar-refractivity contribution in [2.45, 2.75) is 12.7 Å². The summed E-state index contributed by atoms with van der Waals surface area (Å²) in [6.07, 6.45) is -3.86. The van der Waals surface area contributed by atoms with Crippen LogP contribution in [0.2, 0.25) is 5.15 Å². The van der Waals surface area contributed by atoms with Gasteiger partial charge in [0.25, 0.3) is 0 Å². The summed E-state index contributed by atoms with van der Waals surface area (Å²) in [7, 11) is 0. The number of pyridine rings is 1. The first-order chi connectivity index (χ1) is 6.95. The molecule has 0 radical (unpaired) electrons. The van der Waals surface area contributed by atoms with Gasteiger partial charge in [0.1, 0.15) is 5.15 Å². The second kappa shape index (κ2) is 4.37. The Balaban J connectivity index is 3.10. The zero-order valence-corrected chi connectivity index (χ0v) is 7.92. The molecule has 0 spiro atoms. The van der Waals surface area contributed by atoms with E-state index in [9.17, 15) is 13.2 Å². The number of hydrogen-bond donors (Lipinski definition) is 0. The summed E-state index contributed by atoms with van der Waals surface area (Å²) in [5.74, 6) is 0. The first kappa shape index (κ1) is 11.6. The molecule has 80 valence electrons. The second-order valence-electron chi connectivity index (χ2n) is 2.56. The molecule has 0 atom stereocenters. The van der Waals surface area contributed by atoms with Crippen LogP contribution in [0, 0.1) is 0 Å². The first-order valence-electron chi connectivity index (χ1n) is 3.67. The van der Waals surface area contributed by atoms with Crippen LogP contribution in [0.15, 0.2) is 17.4 Å². The lowest BCUT2D eigenvalue weighted by Crippen LogP contribution is -2.06. The van der Waals surface area contributed by atoms with Crippen LogP contribution in [0.4, 0.5) is 13.2 Å². The summed E-state index contributed by atoms with van der Waals surface area (Å²) in [5, 5.41) is 3.01. The third kappa shape index (κ3) is 3.00. The van der Waals surface area contributed by atoms with Gasteiger partial charge in [0, 0.05) is 11.1 Å². The van der Waals surface area contributed by atoms with Gasteiger partial charge in [-0.15, -0.1) is 0 Å². The van der Waals surface area contributed by atoms with E-state index < -0.39 is 11.7 Å². The fraction of sp³-hybridized carbons (Fsp3) is 0.286. The Morgan fingerprint density at radius 3 is 2.73 bits per heavy atom. The number of hydrogen-bond acceptors (Lipinski definition) is 2. The molecular formula is C7H4ClF3N4. The molecule has 1 rings (SSSR count). The molecule has 0 aliphatic rings. The minimum atomic E-state index is -4.48. The Hall–Kier alpha value is -1.46. The topological polar surface area (TPSA) is 61.7 Å². The van der Waals surface area contributed by atoms with E-state index in [0.717, 1.165) is 6.07 Å². The molecule has 4 nitrogen and oxygen atoms in total. The van der Waals surface area contributed by atoms with Crippen molar-refractivity contribution in [1.29, 1.82) is 0 Å². The molecule has 0 saturated carbocycles. The lowest BCUT2D eigenvalue weighted by Gasteiger charge is -2.07. The average molecular weight is 237 g/mol. The Morgan fingerprint density at radius 2 is 2.20 bits per heavy atom. The number of halogens is 4. The molecular weight excluding hydrogens is 233 g/mol. The summed E-state index contributed by atoms with van der Waals surface area (Å²) in [5.41, 5.74) is 7.14. The van der Waals surface area contributed by atoms with Crippen molar-refractivity contribution in [3.63, 3.8) is 0 Å². The van der Waals surface area contributed by atoms with Crippen LogP contribution in [0.1, 0.15) is 11.1 Å². The van der Waals surface area contributed by atoms with Gasteiger partial charge in [-0.1, -0.05) is 16.7 Å². The van der Waals surface area contributed by atoms with Gasteiger partial charge in [0.15, 0.2) is 0 Å². The van der Waals surface area contributed by atoms with E-state index in [2.05, 4.69) is 15.0 Å². The van der Waals surface area contributed by atoms with Crippen molar-refractivity contribution in [3.8, 4) is 0 Å². The van der Waals surface area contributed by atoms with Crippen LogP contribution in [0.3, 0.4) is 0 Å². The van der Waals surface area contributed by atoms with Gasteiger partial charge in [0.2, 0.25) is 0 Å². The number of azide groups is 1. The third-order valence-corrected chi connectivity index (χ3v) is 1.88. The molecule has 1 aromatic heterocycles. The smallest absolute Gasteiger partial charge is 0.244 e. The summed E-state index contributed by atoms with van der Waals surface area (Å²) in [4.78, 5) is 5.78. The maximum atomic E-state index is 12.2. The number of nitrogens with zero attached hydrogens (tertiary/aromatic N) is 4. The molecule has 8 heteroatoms. The SMILES string of the molecule is [N-]=[N+]=NCc1cc(C(F)(F)F)cnc1Cl. The maximum Gasteiger partial charge on any atom is 0.417 e. The standard InChI is InChI=1S/C7H4ClF3N4/c8-6-4(2-14-15-12)1-5(3-13-6)7(9,10)11/h1,3H,2H2. The minimum absolute atomic E-state index is 0.0456. The summed E-state index contributed by atoms with van der Waals surface area (Å²) < 4.78 is 36.7. The van der Waals surface area contributed by atoms with Gasteiger partial charge >= 0.3 is 6.18 Å². The first-order valence-corrected chi connectivity index (χ1v) is 4.05. The fourth-order valence-electron chi connectivity index (χ4n) is 0.867. The quantitative estimate of drug-likeness (QED) is 0.335. The van der Waals surface area contributed by atoms with Crippen LogP contribution in [-0.4, -0.2) is 4.98 Å². The highest BCUT2D eigenvalue weighted by Gasteiger charge is 2.31. The Labute approximate surface area is 87.3 Å². The van der Waals surface area contributed by atoms with Crippen molar-refractivity contribution < 1.29 is 13.2 Å². The lowest BCUT2D eigenvalue weighted by atomic mass is 10.2. The van der Waals surface area contributed by atoms with Crippen LogP contribution >= 0.6 is 11.6 Å². The highest BCUT2D eigenvalue weighted by Crippen LogP contribution is 2.30. The van der Waals surface area contributed by atoms with Gasteiger partial charge in [-0.2, -0.15) is 13.2 Å². The second-order valence-corrected chi connectivity index (χ2v) is 2.92. The van der Waals surface area contributed by atoms with Crippen molar-refractivity contribution in [2.24, 2.45) is 5.11 Å². The maximum absolute atomic E-state index is 12.2. The van der Waals surface area contributed by atoms with Crippen molar-refractivity contribution in [3.05, 3.63) is 39.0 Å². The predicted molar refractivity (Wildman–Crippen MR) is 47.1 cm³/mol. The highest BCUT2D eigenvalue weighted by atomic mass is 35.5. The Kier molecular flexibility index (Phi) is 3.39. The molecule has 0 N–H and O–H groups in total. The van der Waals surface area contributed by atoms with E-state index >= 15 is 0 Å². The Bertz CT molecular complexity index is 411. The molecule has 0 bridgehead atoms. The van der Waals surface area contributed by atoms with E-state index in [4.69, 9.17) is 17.1 Å². The molecule has 1 aromatic rings. The molecule has 0 fully saturated rings. The van der Waals surface area contributed by atoms with Crippen LogP contribution in [-0.2, 0) is 12.7 Å². The van der Waals surface area contributed by atoms with Gasteiger partial charge in [-0.05, 0) is 17.2 Å². The third-order valence-electron chi connectivity index (χ3n) is 1.54. The predicted octanol–water partition coefficient (Wildman–Crippen LogP) is 3.56. The Morgan fingerprint density at radius 1 is 1.53 bits per heavy atom. The zero-order chi connectivity index (χ0) is 11.5.